The number of aliphatic hydroxyl groups is 1. The van der Waals surface area contributed by atoms with E-state index in [0.717, 1.165) is 18.2 Å². The fourth-order valence-electron chi connectivity index (χ4n) is 3.93. The van der Waals surface area contributed by atoms with Crippen LogP contribution in [0, 0.1) is 11.7 Å². The van der Waals surface area contributed by atoms with Gasteiger partial charge in [0.15, 0.2) is 0 Å². The molecule has 0 amide bonds. The first kappa shape index (κ1) is 21.8. The molecule has 1 aromatic heterocycles. The first-order valence-electron chi connectivity index (χ1n) is 9.54. The minimum Gasteiger partial charge on any atom is -0.466 e. The summed E-state index contributed by atoms with van der Waals surface area (Å²) in [5, 5.41) is 10.5. The number of rotatable bonds is 3. The second-order valence-electron chi connectivity index (χ2n) is 7.19. The van der Waals surface area contributed by atoms with Crippen LogP contribution in [0.1, 0.15) is 24.0 Å². The summed E-state index contributed by atoms with van der Waals surface area (Å²) in [7, 11) is 0. The third-order valence-corrected chi connectivity index (χ3v) is 5.28. The van der Waals surface area contributed by atoms with Crippen molar-refractivity contribution in [1.29, 1.82) is 0 Å². The average molecular weight is 452 g/mol. The van der Waals surface area contributed by atoms with Crippen LogP contribution in [0.25, 0.3) is 11.0 Å². The van der Waals surface area contributed by atoms with E-state index in [0.29, 0.717) is 0 Å². The van der Waals surface area contributed by atoms with E-state index < -0.39 is 52.5 Å². The third kappa shape index (κ3) is 3.31. The van der Waals surface area contributed by atoms with Gasteiger partial charge in [0, 0.05) is 5.92 Å². The van der Waals surface area contributed by atoms with Gasteiger partial charge < -0.3 is 19.0 Å². The molecule has 3 unspecified atom stereocenters. The Bertz CT molecular complexity index is 1240. The molecule has 0 aliphatic carbocycles. The molecule has 1 aliphatic heterocycles. The standard InChI is InChI=1S/C22H16F4O6/c1-2-30-20(28)17-15(11-6-4-3-5-7-11)16-18(32-21(17,29)22(24,25)26)13-10-12(23)8-9-14(13)31-19(16)27/h3-10,15,17,29H,2H2,1H3. The predicted octanol–water partition coefficient (Wildman–Crippen LogP) is 3.89. The van der Waals surface area contributed by atoms with Gasteiger partial charge in [-0.05, 0) is 30.7 Å². The molecule has 168 valence electrons. The Morgan fingerprint density at radius 1 is 1.19 bits per heavy atom. The van der Waals surface area contributed by atoms with E-state index in [1.54, 1.807) is 6.07 Å². The summed E-state index contributed by atoms with van der Waals surface area (Å²) in [4.78, 5) is 25.6. The zero-order valence-electron chi connectivity index (χ0n) is 16.5. The van der Waals surface area contributed by atoms with Gasteiger partial charge in [0.25, 0.3) is 0 Å². The molecule has 0 saturated heterocycles. The summed E-state index contributed by atoms with van der Waals surface area (Å²) in [6.45, 7) is 1.10. The van der Waals surface area contributed by atoms with Crippen LogP contribution in [0.15, 0.2) is 57.7 Å². The number of ether oxygens (including phenoxy) is 2. The van der Waals surface area contributed by atoms with Gasteiger partial charge in [-0.25, -0.2) is 9.18 Å². The average Bonchev–Trinajstić information content (AvgIpc) is 2.73. The fourth-order valence-corrected chi connectivity index (χ4v) is 3.93. The lowest BCUT2D eigenvalue weighted by Gasteiger charge is -2.43. The number of carbonyl (C=O) groups excluding carboxylic acids is 1. The lowest BCUT2D eigenvalue weighted by Crippen LogP contribution is -2.62. The maximum Gasteiger partial charge on any atom is 0.456 e. The van der Waals surface area contributed by atoms with Crippen LogP contribution < -0.4 is 10.4 Å². The molecule has 0 saturated carbocycles. The number of fused-ring (bicyclic) bond motifs is 3. The highest BCUT2D eigenvalue weighted by Crippen LogP contribution is 2.53. The molecular weight excluding hydrogens is 436 g/mol. The summed E-state index contributed by atoms with van der Waals surface area (Å²) >= 11 is 0. The maximum absolute atomic E-state index is 14.2. The van der Waals surface area contributed by atoms with Crippen LogP contribution in [0.5, 0.6) is 5.75 Å². The van der Waals surface area contributed by atoms with Crippen molar-refractivity contribution in [2.45, 2.75) is 24.8 Å². The molecule has 1 N–H and O–H groups in total. The molecule has 3 aromatic rings. The van der Waals surface area contributed by atoms with E-state index in [-0.39, 0.29) is 23.1 Å². The highest BCUT2D eigenvalue weighted by molar-refractivity contribution is 5.87. The molecule has 4 rings (SSSR count). The Balaban J connectivity index is 2.13. The van der Waals surface area contributed by atoms with Crippen molar-refractivity contribution in [2.24, 2.45) is 5.92 Å². The number of halogens is 4. The number of benzene rings is 2. The van der Waals surface area contributed by atoms with Crippen LogP contribution in [0.2, 0.25) is 0 Å². The molecule has 2 heterocycles. The van der Waals surface area contributed by atoms with Gasteiger partial charge >= 0.3 is 23.6 Å². The van der Waals surface area contributed by atoms with Gasteiger partial charge in [0.1, 0.15) is 23.1 Å². The first-order valence-corrected chi connectivity index (χ1v) is 9.54. The SMILES string of the molecule is CCOC(=O)C1C(c2ccccc2)c2c(c3cc(F)ccc3oc2=O)OC1(O)C(F)(F)F. The highest BCUT2D eigenvalue weighted by atomic mass is 19.4. The smallest absolute Gasteiger partial charge is 0.456 e. The molecule has 3 atom stereocenters. The number of carbonyl (C=O) groups is 1. The van der Waals surface area contributed by atoms with Crippen molar-refractivity contribution in [3.05, 3.63) is 75.9 Å². The normalized spacial score (nSPS) is 22.8. The van der Waals surface area contributed by atoms with Crippen molar-refractivity contribution in [2.75, 3.05) is 6.61 Å². The van der Waals surface area contributed by atoms with Gasteiger partial charge in [-0.2, -0.15) is 13.2 Å². The minimum absolute atomic E-state index is 0.0980. The Morgan fingerprint density at radius 3 is 2.50 bits per heavy atom. The summed E-state index contributed by atoms with van der Waals surface area (Å²) in [6, 6.07) is 10.2. The lowest BCUT2D eigenvalue weighted by atomic mass is 9.74. The van der Waals surface area contributed by atoms with Gasteiger partial charge in [-0.1, -0.05) is 30.3 Å². The van der Waals surface area contributed by atoms with Crippen molar-refractivity contribution < 1.29 is 41.4 Å². The molecule has 10 heteroatoms. The van der Waals surface area contributed by atoms with Gasteiger partial charge in [-0.15, -0.1) is 0 Å². The van der Waals surface area contributed by atoms with Crippen LogP contribution >= 0.6 is 0 Å². The van der Waals surface area contributed by atoms with Crippen molar-refractivity contribution in [1.82, 2.24) is 0 Å². The number of alkyl halides is 3. The molecule has 6 nitrogen and oxygen atoms in total. The highest BCUT2D eigenvalue weighted by Gasteiger charge is 2.69. The largest absolute Gasteiger partial charge is 0.466 e. The first-order chi connectivity index (χ1) is 15.1. The van der Waals surface area contributed by atoms with E-state index >= 15 is 0 Å². The minimum atomic E-state index is -5.48. The molecule has 0 bridgehead atoms. The molecule has 1 aliphatic rings. The predicted molar refractivity (Wildman–Crippen MR) is 102 cm³/mol. The third-order valence-electron chi connectivity index (χ3n) is 5.28. The lowest BCUT2D eigenvalue weighted by molar-refractivity contribution is -0.358. The van der Waals surface area contributed by atoms with E-state index in [4.69, 9.17) is 13.9 Å². The van der Waals surface area contributed by atoms with Gasteiger partial charge in [0.2, 0.25) is 0 Å². The summed E-state index contributed by atoms with van der Waals surface area (Å²) in [6.07, 6.45) is -5.48. The van der Waals surface area contributed by atoms with Crippen LogP contribution in [0.3, 0.4) is 0 Å². The molecule has 32 heavy (non-hydrogen) atoms. The summed E-state index contributed by atoms with van der Waals surface area (Å²) in [5.41, 5.74) is -1.70. The van der Waals surface area contributed by atoms with Gasteiger partial charge in [0.05, 0.1) is 17.6 Å². The second-order valence-corrected chi connectivity index (χ2v) is 7.19. The fraction of sp³-hybridized carbons (Fsp3) is 0.273. The van der Waals surface area contributed by atoms with Gasteiger partial charge in [-0.3, -0.25) is 4.79 Å². The quantitative estimate of drug-likeness (QED) is 0.369. The monoisotopic (exact) mass is 452 g/mol. The zero-order chi connectivity index (χ0) is 23.3. The second kappa shape index (κ2) is 7.63. The number of hydrogen-bond donors (Lipinski definition) is 1. The van der Waals surface area contributed by atoms with E-state index in [1.165, 1.54) is 31.2 Å². The van der Waals surface area contributed by atoms with Crippen LogP contribution in [0.4, 0.5) is 17.6 Å². The molecule has 0 radical (unpaired) electrons. The Hall–Kier alpha value is -3.40. The van der Waals surface area contributed by atoms with Crippen LogP contribution in [-0.4, -0.2) is 29.6 Å². The van der Waals surface area contributed by atoms with E-state index in [1.807, 2.05) is 0 Å². The Labute approximate surface area is 178 Å². The zero-order valence-corrected chi connectivity index (χ0v) is 16.5. The summed E-state index contributed by atoms with van der Waals surface area (Å²) in [5.74, 6) is -11.1. The van der Waals surface area contributed by atoms with Crippen molar-refractivity contribution in [3.63, 3.8) is 0 Å². The number of esters is 1. The Morgan fingerprint density at radius 2 is 1.88 bits per heavy atom. The number of hydrogen-bond acceptors (Lipinski definition) is 6. The molecular formula is C22H16F4O6. The Kier molecular flexibility index (Phi) is 5.20. The van der Waals surface area contributed by atoms with Crippen molar-refractivity contribution >= 4 is 16.9 Å². The van der Waals surface area contributed by atoms with E-state index in [9.17, 15) is 32.3 Å². The molecule has 2 aromatic carbocycles. The van der Waals surface area contributed by atoms with E-state index in [2.05, 4.69) is 0 Å². The topological polar surface area (TPSA) is 86.0 Å². The van der Waals surface area contributed by atoms with Crippen molar-refractivity contribution in [3.8, 4) is 5.75 Å². The summed E-state index contributed by atoms with van der Waals surface area (Å²) < 4.78 is 71.4. The molecule has 0 spiro atoms. The maximum atomic E-state index is 14.2. The van der Waals surface area contributed by atoms with Crippen LogP contribution in [-0.2, 0) is 9.53 Å². The molecule has 0 fully saturated rings.